The van der Waals surface area contributed by atoms with E-state index in [1.54, 1.807) is 30.4 Å². The van der Waals surface area contributed by atoms with Crippen molar-refractivity contribution in [2.75, 3.05) is 7.11 Å². The summed E-state index contributed by atoms with van der Waals surface area (Å²) in [6, 6.07) is 5.61. The summed E-state index contributed by atoms with van der Waals surface area (Å²) < 4.78 is 7.16. The predicted octanol–water partition coefficient (Wildman–Crippen LogP) is 3.34. The number of hydrogen-bond donors (Lipinski definition) is 1. The van der Waals surface area contributed by atoms with Gasteiger partial charge in [-0.2, -0.15) is 5.10 Å². The fourth-order valence-corrected chi connectivity index (χ4v) is 3.26. The van der Waals surface area contributed by atoms with E-state index in [2.05, 4.69) is 20.4 Å². The normalized spacial score (nSPS) is 10.9. The smallest absolute Gasteiger partial charge is 0.255 e. The van der Waals surface area contributed by atoms with Crippen LogP contribution in [0.3, 0.4) is 0 Å². The minimum atomic E-state index is -0.188. The number of carbonyl (C=O) groups excluding carboxylic acids is 1. The van der Waals surface area contributed by atoms with E-state index in [1.807, 2.05) is 45.9 Å². The number of ether oxygens (including phenoxy) is 1. The molecule has 0 aromatic carbocycles. The Hall–Kier alpha value is -3.22. The zero-order valence-electron chi connectivity index (χ0n) is 16.9. The molecule has 0 spiro atoms. The third-order valence-electron chi connectivity index (χ3n) is 4.63. The lowest BCUT2D eigenvalue weighted by Crippen LogP contribution is -2.25. The van der Waals surface area contributed by atoms with E-state index in [-0.39, 0.29) is 11.8 Å². The molecule has 1 amide bonds. The number of rotatable bonds is 6. The van der Waals surface area contributed by atoms with Crippen molar-refractivity contribution in [1.29, 1.82) is 0 Å². The molecule has 0 unspecified atom stereocenters. The molecule has 0 saturated carbocycles. The molecule has 3 rings (SSSR count). The molecule has 0 aliphatic rings. The van der Waals surface area contributed by atoms with Crippen LogP contribution in [-0.4, -0.2) is 32.8 Å². The van der Waals surface area contributed by atoms with Crippen molar-refractivity contribution in [3.63, 3.8) is 0 Å². The maximum atomic E-state index is 12.9. The monoisotopic (exact) mass is 379 g/mol. The fraction of sp³-hybridized carbons (Fsp3) is 0.333. The van der Waals surface area contributed by atoms with Gasteiger partial charge in [0.25, 0.3) is 5.91 Å². The first-order valence-electron chi connectivity index (χ1n) is 9.20. The number of carbonyl (C=O) groups is 1. The van der Waals surface area contributed by atoms with Gasteiger partial charge in [0.15, 0.2) is 5.82 Å². The number of methoxy groups -OCH3 is 1. The van der Waals surface area contributed by atoms with Gasteiger partial charge >= 0.3 is 0 Å². The Kier molecular flexibility index (Phi) is 5.73. The largest absolute Gasteiger partial charge is 0.496 e. The molecule has 7 nitrogen and oxygen atoms in total. The van der Waals surface area contributed by atoms with E-state index in [9.17, 15) is 4.79 Å². The fourth-order valence-electron chi connectivity index (χ4n) is 3.26. The van der Waals surface area contributed by atoms with Crippen molar-refractivity contribution in [2.45, 2.75) is 40.2 Å². The second kappa shape index (κ2) is 8.21. The van der Waals surface area contributed by atoms with Gasteiger partial charge in [0.1, 0.15) is 5.75 Å². The zero-order chi connectivity index (χ0) is 20.3. The molecule has 146 valence electrons. The molecule has 3 aromatic rings. The lowest BCUT2D eigenvalue weighted by atomic mass is 10.1. The van der Waals surface area contributed by atoms with E-state index in [1.165, 1.54) is 0 Å². The Bertz CT molecular complexity index is 980. The van der Waals surface area contributed by atoms with E-state index in [0.29, 0.717) is 17.9 Å². The van der Waals surface area contributed by atoms with Gasteiger partial charge in [0.2, 0.25) is 0 Å². The zero-order valence-corrected chi connectivity index (χ0v) is 16.9. The molecule has 0 aliphatic heterocycles. The summed E-state index contributed by atoms with van der Waals surface area (Å²) >= 11 is 0. The molecule has 1 N–H and O–H groups in total. The molecule has 0 aliphatic carbocycles. The van der Waals surface area contributed by atoms with Gasteiger partial charge in [-0.05, 0) is 31.9 Å². The van der Waals surface area contributed by atoms with Crippen LogP contribution in [0, 0.1) is 13.8 Å². The standard InChI is InChI=1S/C21H25N5O2/c1-13(2)19-16(11-25-26(19)18-8-6-7-9-22-18)21(27)24-12-17-15(4)20(28-5)14(3)10-23-17/h6-11,13H,12H2,1-5H3,(H,24,27). The summed E-state index contributed by atoms with van der Waals surface area (Å²) in [6.45, 7) is 8.27. The maximum Gasteiger partial charge on any atom is 0.255 e. The van der Waals surface area contributed by atoms with Crippen molar-refractivity contribution in [2.24, 2.45) is 0 Å². The molecule has 0 saturated heterocycles. The minimum absolute atomic E-state index is 0.101. The van der Waals surface area contributed by atoms with Crippen LogP contribution >= 0.6 is 0 Å². The summed E-state index contributed by atoms with van der Waals surface area (Å²) in [5, 5.41) is 7.35. The van der Waals surface area contributed by atoms with Gasteiger partial charge < -0.3 is 10.1 Å². The Morgan fingerprint density at radius 1 is 1.21 bits per heavy atom. The molecular weight excluding hydrogens is 354 g/mol. The quantitative estimate of drug-likeness (QED) is 0.710. The van der Waals surface area contributed by atoms with Crippen LogP contribution in [-0.2, 0) is 6.54 Å². The number of amides is 1. The third kappa shape index (κ3) is 3.74. The molecule has 0 atom stereocenters. The molecule has 0 radical (unpaired) electrons. The maximum absolute atomic E-state index is 12.9. The Morgan fingerprint density at radius 3 is 2.64 bits per heavy atom. The summed E-state index contributed by atoms with van der Waals surface area (Å²) in [4.78, 5) is 21.7. The van der Waals surface area contributed by atoms with Gasteiger partial charge in [0.05, 0.1) is 36.8 Å². The first-order valence-corrected chi connectivity index (χ1v) is 9.20. The lowest BCUT2D eigenvalue weighted by molar-refractivity contribution is 0.0949. The highest BCUT2D eigenvalue weighted by molar-refractivity contribution is 5.95. The van der Waals surface area contributed by atoms with Crippen LogP contribution < -0.4 is 10.1 Å². The van der Waals surface area contributed by atoms with Crippen molar-refractivity contribution in [1.82, 2.24) is 25.1 Å². The Labute approximate surface area is 164 Å². The van der Waals surface area contributed by atoms with Crippen molar-refractivity contribution >= 4 is 5.91 Å². The third-order valence-corrected chi connectivity index (χ3v) is 4.63. The average molecular weight is 379 g/mol. The second-order valence-corrected chi connectivity index (χ2v) is 6.93. The molecule has 28 heavy (non-hydrogen) atoms. The van der Waals surface area contributed by atoms with Gasteiger partial charge in [-0.25, -0.2) is 9.67 Å². The Balaban J connectivity index is 1.85. The second-order valence-electron chi connectivity index (χ2n) is 6.93. The molecule has 3 heterocycles. The highest BCUT2D eigenvalue weighted by atomic mass is 16.5. The van der Waals surface area contributed by atoms with Crippen LogP contribution in [0.25, 0.3) is 5.82 Å². The summed E-state index contributed by atoms with van der Waals surface area (Å²) in [7, 11) is 1.64. The molecular formula is C21H25N5O2. The lowest BCUT2D eigenvalue weighted by Gasteiger charge is -2.14. The minimum Gasteiger partial charge on any atom is -0.496 e. The first-order chi connectivity index (χ1) is 13.4. The van der Waals surface area contributed by atoms with E-state index in [0.717, 1.165) is 28.3 Å². The van der Waals surface area contributed by atoms with Gasteiger partial charge in [0, 0.05) is 23.5 Å². The molecule has 0 fully saturated rings. The highest BCUT2D eigenvalue weighted by Crippen LogP contribution is 2.25. The predicted molar refractivity (Wildman–Crippen MR) is 107 cm³/mol. The first kappa shape index (κ1) is 19.5. The number of nitrogens with one attached hydrogen (secondary N) is 1. The number of aromatic nitrogens is 4. The average Bonchev–Trinajstić information content (AvgIpc) is 3.14. The molecule has 0 bridgehead atoms. The highest BCUT2D eigenvalue weighted by Gasteiger charge is 2.21. The van der Waals surface area contributed by atoms with Crippen LogP contribution in [0.2, 0.25) is 0 Å². The topological polar surface area (TPSA) is 81.9 Å². The van der Waals surface area contributed by atoms with Crippen molar-refractivity contribution in [3.05, 3.63) is 64.9 Å². The van der Waals surface area contributed by atoms with Crippen LogP contribution in [0.4, 0.5) is 0 Å². The summed E-state index contributed by atoms with van der Waals surface area (Å²) in [5.74, 6) is 1.40. The van der Waals surface area contributed by atoms with Crippen LogP contribution in [0.15, 0.2) is 36.8 Å². The van der Waals surface area contributed by atoms with Crippen molar-refractivity contribution in [3.8, 4) is 11.6 Å². The number of aryl methyl sites for hydroxylation is 1. The van der Waals surface area contributed by atoms with E-state index < -0.39 is 0 Å². The molecule has 3 aromatic heterocycles. The number of hydrogen-bond acceptors (Lipinski definition) is 5. The SMILES string of the molecule is COc1c(C)cnc(CNC(=O)c2cnn(-c3ccccn3)c2C(C)C)c1C. The van der Waals surface area contributed by atoms with E-state index >= 15 is 0 Å². The number of pyridine rings is 2. The van der Waals surface area contributed by atoms with Crippen molar-refractivity contribution < 1.29 is 9.53 Å². The van der Waals surface area contributed by atoms with E-state index in [4.69, 9.17) is 4.74 Å². The van der Waals surface area contributed by atoms with Gasteiger partial charge in [-0.1, -0.05) is 19.9 Å². The van der Waals surface area contributed by atoms with Gasteiger partial charge in [-0.3, -0.25) is 9.78 Å². The number of nitrogens with zero attached hydrogens (tertiary/aromatic N) is 4. The summed E-state index contributed by atoms with van der Waals surface area (Å²) in [6.07, 6.45) is 5.06. The Morgan fingerprint density at radius 2 is 2.00 bits per heavy atom. The van der Waals surface area contributed by atoms with Crippen LogP contribution in [0.5, 0.6) is 5.75 Å². The molecule has 7 heteroatoms. The van der Waals surface area contributed by atoms with Gasteiger partial charge in [-0.15, -0.1) is 0 Å². The summed E-state index contributed by atoms with van der Waals surface area (Å²) in [5.41, 5.74) is 4.03. The van der Waals surface area contributed by atoms with Crippen LogP contribution in [0.1, 0.15) is 52.6 Å².